The van der Waals surface area contributed by atoms with Crippen LogP contribution in [0.4, 0.5) is 0 Å². The maximum Gasteiger partial charge on any atom is 0.0717 e. The van der Waals surface area contributed by atoms with Crippen LogP contribution in [0, 0.1) is 0 Å². The Labute approximate surface area is 148 Å². The average molecular weight is 337 g/mol. The third kappa shape index (κ3) is 3.04. The molecule has 0 saturated carbocycles. The number of hydrogen-bond acceptors (Lipinski definition) is 2. The molecule has 1 fully saturated rings. The molecule has 0 radical (unpaired) electrons. The van der Waals surface area contributed by atoms with Crippen molar-refractivity contribution in [3.05, 3.63) is 65.3 Å². The average Bonchev–Trinajstić information content (AvgIpc) is 2.63. The van der Waals surface area contributed by atoms with Gasteiger partial charge in [0.05, 0.1) is 10.5 Å². The Hall–Kier alpha value is -1.90. The molecular weight excluding hydrogens is 316 g/mol. The van der Waals surface area contributed by atoms with Gasteiger partial charge >= 0.3 is 0 Å². The van der Waals surface area contributed by atoms with Gasteiger partial charge in [-0.05, 0) is 73.8 Å². The summed E-state index contributed by atoms with van der Waals surface area (Å²) in [6, 6.07) is 17.2. The van der Waals surface area contributed by atoms with E-state index in [4.69, 9.17) is 11.6 Å². The van der Waals surface area contributed by atoms with Gasteiger partial charge in [0.1, 0.15) is 0 Å². The fraction of sp³-hybridized carbons (Fsp3) is 0.286. The lowest BCUT2D eigenvalue weighted by atomic mass is 9.88. The van der Waals surface area contributed by atoms with Gasteiger partial charge in [0.2, 0.25) is 0 Å². The molecule has 2 aromatic carbocycles. The molecule has 0 aliphatic carbocycles. The van der Waals surface area contributed by atoms with Gasteiger partial charge in [0, 0.05) is 11.6 Å². The van der Waals surface area contributed by atoms with Gasteiger partial charge in [-0.15, -0.1) is 0 Å². The van der Waals surface area contributed by atoms with Crippen LogP contribution in [0.5, 0.6) is 0 Å². The molecule has 0 amide bonds. The molecule has 3 heteroatoms. The number of rotatable bonds is 2. The molecule has 0 unspecified atom stereocenters. The summed E-state index contributed by atoms with van der Waals surface area (Å²) in [4.78, 5) is 6.78. The monoisotopic (exact) mass is 336 g/mol. The maximum atomic E-state index is 6.31. The summed E-state index contributed by atoms with van der Waals surface area (Å²) in [6.07, 6.45) is 4.26. The van der Waals surface area contributed by atoms with E-state index in [1.807, 2.05) is 12.1 Å². The van der Waals surface area contributed by atoms with Crippen molar-refractivity contribution < 1.29 is 0 Å². The van der Waals surface area contributed by atoms with Gasteiger partial charge in [-0.1, -0.05) is 41.9 Å². The minimum atomic E-state index is 0.700. The molecular formula is C21H21ClN2. The molecule has 3 aromatic rings. The van der Waals surface area contributed by atoms with Crippen molar-refractivity contribution in [1.29, 1.82) is 0 Å². The van der Waals surface area contributed by atoms with Crippen molar-refractivity contribution in [2.24, 2.45) is 0 Å². The van der Waals surface area contributed by atoms with Crippen molar-refractivity contribution in [2.45, 2.75) is 18.8 Å². The highest BCUT2D eigenvalue weighted by atomic mass is 35.5. The van der Waals surface area contributed by atoms with Gasteiger partial charge in [-0.2, -0.15) is 0 Å². The number of likely N-dealkylation sites (tertiary alicyclic amines) is 1. The van der Waals surface area contributed by atoms with Gasteiger partial charge in [-0.3, -0.25) is 4.98 Å². The first-order valence-corrected chi connectivity index (χ1v) is 8.92. The summed E-state index contributed by atoms with van der Waals surface area (Å²) in [5, 5.41) is 1.76. The van der Waals surface area contributed by atoms with E-state index < -0.39 is 0 Å². The van der Waals surface area contributed by atoms with Crippen molar-refractivity contribution in [3.8, 4) is 11.1 Å². The summed E-state index contributed by atoms with van der Waals surface area (Å²) < 4.78 is 0. The van der Waals surface area contributed by atoms with E-state index in [0.717, 1.165) is 15.9 Å². The number of halogens is 1. The smallest absolute Gasteiger partial charge is 0.0717 e. The molecule has 0 bridgehead atoms. The van der Waals surface area contributed by atoms with E-state index in [9.17, 15) is 0 Å². The third-order valence-corrected chi connectivity index (χ3v) is 5.45. The van der Waals surface area contributed by atoms with Crippen LogP contribution in [0.2, 0.25) is 5.02 Å². The minimum absolute atomic E-state index is 0.700. The Balaban J connectivity index is 1.62. The third-order valence-electron chi connectivity index (χ3n) is 5.12. The van der Waals surface area contributed by atoms with Crippen LogP contribution in [0.1, 0.15) is 24.3 Å². The fourth-order valence-electron chi connectivity index (χ4n) is 3.58. The molecule has 4 rings (SSSR count). The molecule has 24 heavy (non-hydrogen) atoms. The molecule has 2 nitrogen and oxygen atoms in total. The highest BCUT2D eigenvalue weighted by Gasteiger charge is 2.18. The Morgan fingerprint density at radius 2 is 1.67 bits per heavy atom. The highest BCUT2D eigenvalue weighted by Crippen LogP contribution is 2.31. The fourth-order valence-corrected chi connectivity index (χ4v) is 3.79. The molecule has 1 aromatic heterocycles. The largest absolute Gasteiger partial charge is 0.306 e. The van der Waals surface area contributed by atoms with Crippen LogP contribution in [-0.2, 0) is 0 Å². The van der Waals surface area contributed by atoms with Crippen LogP contribution >= 0.6 is 11.6 Å². The molecule has 0 N–H and O–H groups in total. The Morgan fingerprint density at radius 1 is 0.958 bits per heavy atom. The highest BCUT2D eigenvalue weighted by molar-refractivity contribution is 6.35. The molecule has 122 valence electrons. The van der Waals surface area contributed by atoms with Crippen molar-refractivity contribution in [1.82, 2.24) is 9.88 Å². The van der Waals surface area contributed by atoms with Gasteiger partial charge in [-0.25, -0.2) is 0 Å². The van der Waals surface area contributed by atoms with E-state index in [-0.39, 0.29) is 0 Å². The van der Waals surface area contributed by atoms with E-state index >= 15 is 0 Å². The van der Waals surface area contributed by atoms with Crippen LogP contribution in [0.15, 0.2) is 54.7 Å². The molecule has 0 atom stereocenters. The van der Waals surface area contributed by atoms with Crippen molar-refractivity contribution >= 4 is 22.5 Å². The number of fused-ring (bicyclic) bond motifs is 1. The summed E-state index contributed by atoms with van der Waals surface area (Å²) in [6.45, 7) is 2.39. The van der Waals surface area contributed by atoms with Crippen LogP contribution in [0.3, 0.4) is 0 Å². The van der Waals surface area contributed by atoms with E-state index in [1.165, 1.54) is 42.6 Å². The number of piperidine rings is 1. The first kappa shape index (κ1) is 15.6. The maximum absolute atomic E-state index is 6.31. The summed E-state index contributed by atoms with van der Waals surface area (Å²) in [7, 11) is 2.21. The van der Waals surface area contributed by atoms with Crippen molar-refractivity contribution in [2.75, 3.05) is 20.1 Å². The summed E-state index contributed by atoms with van der Waals surface area (Å²) >= 11 is 6.31. The number of nitrogens with zero attached hydrogens (tertiary/aromatic N) is 2. The van der Waals surface area contributed by atoms with E-state index in [0.29, 0.717) is 5.92 Å². The van der Waals surface area contributed by atoms with Crippen LogP contribution in [0.25, 0.3) is 22.0 Å². The van der Waals surface area contributed by atoms with Gasteiger partial charge in [0.15, 0.2) is 0 Å². The standard InChI is InChI=1S/C21H21ClN2/c1-24-12-9-17(10-13-24)15-2-4-16(5-3-15)18-6-7-21-19(14-18)20(22)8-11-23-21/h2-8,11,14,17H,9-10,12-13H2,1H3. The van der Waals surface area contributed by atoms with Crippen molar-refractivity contribution in [3.63, 3.8) is 0 Å². The minimum Gasteiger partial charge on any atom is -0.306 e. The predicted molar refractivity (Wildman–Crippen MR) is 102 cm³/mol. The second kappa shape index (κ2) is 6.54. The zero-order valence-corrected chi connectivity index (χ0v) is 14.6. The van der Waals surface area contributed by atoms with E-state index in [1.54, 1.807) is 6.20 Å². The molecule has 1 aliphatic heterocycles. The quantitative estimate of drug-likeness (QED) is 0.626. The number of hydrogen-bond donors (Lipinski definition) is 0. The topological polar surface area (TPSA) is 16.1 Å². The SMILES string of the molecule is CN1CCC(c2ccc(-c3ccc4nccc(Cl)c4c3)cc2)CC1. The molecule has 0 spiro atoms. The molecule has 1 saturated heterocycles. The first-order chi connectivity index (χ1) is 11.7. The second-order valence-corrected chi connectivity index (χ2v) is 7.13. The number of aromatic nitrogens is 1. The lowest BCUT2D eigenvalue weighted by Gasteiger charge is -2.29. The lowest BCUT2D eigenvalue weighted by Crippen LogP contribution is -2.29. The lowest BCUT2D eigenvalue weighted by molar-refractivity contribution is 0.255. The Bertz CT molecular complexity index is 849. The Morgan fingerprint density at radius 3 is 2.42 bits per heavy atom. The first-order valence-electron chi connectivity index (χ1n) is 8.54. The second-order valence-electron chi connectivity index (χ2n) is 6.72. The zero-order chi connectivity index (χ0) is 16.5. The summed E-state index contributed by atoms with van der Waals surface area (Å²) in [5.74, 6) is 0.700. The molecule has 2 heterocycles. The number of benzene rings is 2. The summed E-state index contributed by atoms with van der Waals surface area (Å²) in [5.41, 5.74) is 4.82. The van der Waals surface area contributed by atoms with Crippen LogP contribution in [-0.4, -0.2) is 30.0 Å². The van der Waals surface area contributed by atoms with Gasteiger partial charge < -0.3 is 4.90 Å². The number of pyridine rings is 1. The predicted octanol–water partition coefficient (Wildman–Crippen LogP) is 5.36. The van der Waals surface area contributed by atoms with E-state index in [2.05, 4.69) is 53.3 Å². The normalized spacial score (nSPS) is 16.6. The molecule has 1 aliphatic rings. The zero-order valence-electron chi connectivity index (χ0n) is 13.9. The van der Waals surface area contributed by atoms with Crippen LogP contribution < -0.4 is 0 Å². The Kier molecular flexibility index (Phi) is 4.26. The van der Waals surface area contributed by atoms with Gasteiger partial charge in [0.25, 0.3) is 0 Å².